The fourth-order valence-corrected chi connectivity index (χ4v) is 2.63. The van der Waals surface area contributed by atoms with Crippen molar-refractivity contribution in [3.05, 3.63) is 23.8 Å². The lowest BCUT2D eigenvalue weighted by atomic mass is 10.0. The monoisotopic (exact) mass is 395 g/mol. The summed E-state index contributed by atoms with van der Waals surface area (Å²) in [5.41, 5.74) is 0.370. The minimum absolute atomic E-state index is 0.102. The van der Waals surface area contributed by atoms with Crippen molar-refractivity contribution in [1.29, 1.82) is 0 Å². The summed E-state index contributed by atoms with van der Waals surface area (Å²) in [5.74, 6) is 0.729. The maximum atomic E-state index is 12.6. The first-order valence-corrected chi connectivity index (χ1v) is 8.70. The number of carbonyl (C=O) groups excluding carboxylic acids is 3. The van der Waals surface area contributed by atoms with E-state index >= 15 is 0 Å². The Balaban J connectivity index is 1.45. The summed E-state index contributed by atoms with van der Waals surface area (Å²) >= 11 is 0. The highest BCUT2D eigenvalue weighted by Gasteiger charge is 2.27. The zero-order valence-corrected chi connectivity index (χ0v) is 15.5. The van der Waals surface area contributed by atoms with E-state index in [0.29, 0.717) is 36.7 Å². The van der Waals surface area contributed by atoms with Crippen LogP contribution in [-0.4, -0.2) is 68.9 Å². The van der Waals surface area contributed by atoms with Gasteiger partial charge in [-0.2, -0.15) is 0 Å². The molecule has 3 rings (SSSR count). The summed E-state index contributed by atoms with van der Waals surface area (Å²) < 4.78 is 30.1. The van der Waals surface area contributed by atoms with E-state index in [2.05, 4.69) is 0 Å². The molecule has 2 heterocycles. The second-order valence-corrected chi connectivity index (χ2v) is 6.25. The van der Waals surface area contributed by atoms with Gasteiger partial charge in [0.05, 0.1) is 19.3 Å². The van der Waals surface area contributed by atoms with E-state index in [1.54, 1.807) is 25.1 Å². The molecule has 1 fully saturated rings. The largest absolute Gasteiger partial charge is 0.511 e. The molecule has 1 amide bonds. The Morgan fingerprint density at radius 2 is 2.00 bits per heavy atom. The number of nitrogens with zero attached hydrogens (tertiary/aromatic N) is 1. The smallest absolute Gasteiger partial charge is 0.454 e. The van der Waals surface area contributed by atoms with Crippen LogP contribution in [0.4, 0.5) is 9.59 Å². The lowest BCUT2D eigenvalue weighted by Crippen LogP contribution is -2.41. The number of ether oxygens (including phenoxy) is 6. The Hall–Kier alpha value is -3.01. The summed E-state index contributed by atoms with van der Waals surface area (Å²) in [5, 5.41) is 0. The molecule has 10 nitrogen and oxygen atoms in total. The van der Waals surface area contributed by atoms with Crippen molar-refractivity contribution in [3.8, 4) is 11.5 Å². The second-order valence-electron chi connectivity index (χ2n) is 6.25. The van der Waals surface area contributed by atoms with E-state index in [4.69, 9.17) is 28.4 Å². The molecule has 2 aliphatic heterocycles. The van der Waals surface area contributed by atoms with Crippen molar-refractivity contribution < 1.29 is 42.8 Å². The lowest BCUT2D eigenvalue weighted by molar-refractivity contribution is -0.0376. The molecule has 0 bridgehead atoms. The minimum Gasteiger partial charge on any atom is -0.454 e. The number of rotatable bonds is 6. The van der Waals surface area contributed by atoms with Crippen LogP contribution in [0.2, 0.25) is 0 Å². The SMILES string of the molecule is CC(C(=O)c1ccc2c(c1)OCO2)N(C)C(=O)OCOC(=O)OC1CCOC1. The van der Waals surface area contributed by atoms with Gasteiger partial charge in [0.25, 0.3) is 0 Å². The molecule has 28 heavy (non-hydrogen) atoms. The molecule has 0 N–H and O–H groups in total. The van der Waals surface area contributed by atoms with Crippen molar-refractivity contribution in [3.63, 3.8) is 0 Å². The normalized spacial score (nSPS) is 18.3. The van der Waals surface area contributed by atoms with Crippen molar-refractivity contribution in [2.45, 2.75) is 25.5 Å². The number of carbonyl (C=O) groups is 3. The van der Waals surface area contributed by atoms with Crippen LogP contribution < -0.4 is 9.47 Å². The van der Waals surface area contributed by atoms with Gasteiger partial charge in [0.15, 0.2) is 17.3 Å². The molecule has 0 saturated carbocycles. The van der Waals surface area contributed by atoms with E-state index in [-0.39, 0.29) is 18.7 Å². The molecular formula is C18H21NO9. The van der Waals surface area contributed by atoms with Gasteiger partial charge in [-0.05, 0) is 25.1 Å². The van der Waals surface area contributed by atoms with Gasteiger partial charge in [-0.1, -0.05) is 0 Å². The number of hydrogen-bond donors (Lipinski definition) is 0. The first-order chi connectivity index (χ1) is 13.5. The van der Waals surface area contributed by atoms with Gasteiger partial charge in [0.1, 0.15) is 6.10 Å². The number of benzene rings is 1. The van der Waals surface area contributed by atoms with E-state index in [9.17, 15) is 14.4 Å². The fraction of sp³-hybridized carbons (Fsp3) is 0.500. The van der Waals surface area contributed by atoms with Crippen LogP contribution in [0.25, 0.3) is 0 Å². The molecule has 10 heteroatoms. The molecule has 2 aliphatic rings. The Morgan fingerprint density at radius 3 is 2.75 bits per heavy atom. The Kier molecular flexibility index (Phi) is 6.19. The summed E-state index contributed by atoms with van der Waals surface area (Å²) in [7, 11) is 1.41. The Labute approximate surface area is 161 Å². The maximum absolute atomic E-state index is 12.6. The number of likely N-dealkylation sites (N-methyl/N-ethyl adjacent to an activating group) is 1. The highest BCUT2D eigenvalue weighted by atomic mass is 16.8. The maximum Gasteiger partial charge on any atom is 0.511 e. The van der Waals surface area contributed by atoms with Crippen LogP contribution in [0.5, 0.6) is 11.5 Å². The van der Waals surface area contributed by atoms with Crippen LogP contribution >= 0.6 is 0 Å². The summed E-state index contributed by atoms with van der Waals surface area (Å²) in [6.45, 7) is 1.87. The van der Waals surface area contributed by atoms with E-state index in [1.165, 1.54) is 7.05 Å². The molecule has 1 aromatic carbocycles. The highest BCUT2D eigenvalue weighted by Crippen LogP contribution is 2.33. The third kappa shape index (κ3) is 4.63. The average Bonchev–Trinajstić information content (AvgIpc) is 3.37. The summed E-state index contributed by atoms with van der Waals surface area (Å²) in [4.78, 5) is 37.3. The van der Waals surface area contributed by atoms with Gasteiger partial charge >= 0.3 is 12.2 Å². The third-order valence-electron chi connectivity index (χ3n) is 4.42. The average molecular weight is 395 g/mol. The van der Waals surface area contributed by atoms with Gasteiger partial charge < -0.3 is 33.3 Å². The number of hydrogen-bond acceptors (Lipinski definition) is 9. The van der Waals surface area contributed by atoms with E-state index in [0.717, 1.165) is 4.90 Å². The first kappa shape index (κ1) is 19.7. The zero-order chi connectivity index (χ0) is 20.1. The molecule has 152 valence electrons. The Bertz CT molecular complexity index is 745. The Morgan fingerprint density at radius 1 is 1.21 bits per heavy atom. The van der Waals surface area contributed by atoms with E-state index in [1.807, 2.05) is 0 Å². The minimum atomic E-state index is -0.949. The number of ketones is 1. The fourth-order valence-electron chi connectivity index (χ4n) is 2.63. The first-order valence-electron chi connectivity index (χ1n) is 8.70. The van der Waals surface area contributed by atoms with Gasteiger partial charge in [0.2, 0.25) is 13.6 Å². The van der Waals surface area contributed by atoms with Crippen LogP contribution in [0.1, 0.15) is 23.7 Å². The number of Topliss-reactive ketones (excluding diaryl/α,β-unsaturated/α-hetero) is 1. The number of amides is 1. The molecular weight excluding hydrogens is 374 g/mol. The van der Waals surface area contributed by atoms with Crippen LogP contribution in [0.3, 0.4) is 0 Å². The predicted molar refractivity (Wildman–Crippen MR) is 92.3 cm³/mol. The van der Waals surface area contributed by atoms with Crippen LogP contribution in [0.15, 0.2) is 18.2 Å². The van der Waals surface area contributed by atoms with Gasteiger partial charge in [-0.15, -0.1) is 0 Å². The molecule has 0 spiro atoms. The molecule has 1 aromatic rings. The van der Waals surface area contributed by atoms with Crippen molar-refractivity contribution in [2.75, 3.05) is 33.8 Å². The zero-order valence-electron chi connectivity index (χ0n) is 15.5. The molecule has 0 aromatic heterocycles. The topological polar surface area (TPSA) is 110 Å². The van der Waals surface area contributed by atoms with E-state index < -0.39 is 25.1 Å². The molecule has 1 saturated heterocycles. The second kappa shape index (κ2) is 8.79. The number of fused-ring (bicyclic) bond motifs is 1. The molecule has 0 aliphatic carbocycles. The van der Waals surface area contributed by atoms with Gasteiger partial charge in [-0.3, -0.25) is 4.79 Å². The van der Waals surface area contributed by atoms with Crippen LogP contribution in [-0.2, 0) is 18.9 Å². The quantitative estimate of drug-likeness (QED) is 0.405. The molecule has 0 radical (unpaired) electrons. The van der Waals surface area contributed by atoms with Crippen LogP contribution in [0, 0.1) is 0 Å². The third-order valence-corrected chi connectivity index (χ3v) is 4.42. The van der Waals surface area contributed by atoms with Gasteiger partial charge in [0, 0.05) is 19.0 Å². The lowest BCUT2D eigenvalue weighted by Gasteiger charge is -2.23. The van der Waals surface area contributed by atoms with Crippen molar-refractivity contribution in [1.82, 2.24) is 4.90 Å². The molecule has 2 atom stereocenters. The van der Waals surface area contributed by atoms with Crippen molar-refractivity contribution >= 4 is 18.0 Å². The van der Waals surface area contributed by atoms with Crippen molar-refractivity contribution in [2.24, 2.45) is 0 Å². The summed E-state index contributed by atoms with van der Waals surface area (Å²) in [6, 6.07) is 3.98. The molecule has 2 unspecified atom stereocenters. The standard InChI is InChI=1S/C18H21NO9/c1-11(16(20)12-3-4-14-15(7-12)25-9-24-14)19(2)17(21)26-10-27-18(22)28-13-5-6-23-8-13/h3-4,7,11,13H,5-6,8-10H2,1-2H3. The predicted octanol–water partition coefficient (Wildman–Crippen LogP) is 1.95. The highest BCUT2D eigenvalue weighted by molar-refractivity contribution is 6.01. The van der Waals surface area contributed by atoms with Gasteiger partial charge in [-0.25, -0.2) is 9.59 Å². The summed E-state index contributed by atoms with van der Waals surface area (Å²) in [6.07, 6.45) is -1.53.